The number of nitrogens with one attached hydrogen (secondary N) is 2. The summed E-state index contributed by atoms with van der Waals surface area (Å²) in [6.07, 6.45) is -2.21. The number of benzene rings is 1. The second-order valence-corrected chi connectivity index (χ2v) is 8.05. The van der Waals surface area contributed by atoms with Gasteiger partial charge in [-0.3, -0.25) is 9.69 Å². The molecule has 2 fully saturated rings. The Morgan fingerprint density at radius 1 is 1.33 bits per heavy atom. The van der Waals surface area contributed by atoms with Crippen molar-refractivity contribution in [2.75, 3.05) is 14.1 Å². The Labute approximate surface area is 144 Å². The number of hydrogen-bond donors (Lipinski definition) is 4. The van der Waals surface area contributed by atoms with Crippen LogP contribution in [0.1, 0.15) is 12.5 Å². The highest BCUT2D eigenvalue weighted by Crippen LogP contribution is 2.65. The second-order valence-electron chi connectivity index (χ2n) is 6.58. The van der Waals surface area contributed by atoms with Crippen LogP contribution >= 0.6 is 11.8 Å². The number of hydrogen-bond acceptors (Lipinski definition) is 7. The average molecular weight is 350 g/mol. The molecule has 2 saturated heterocycles. The van der Waals surface area contributed by atoms with E-state index in [1.807, 2.05) is 49.3 Å². The third kappa shape index (κ3) is 2.07. The molecule has 24 heavy (non-hydrogen) atoms. The van der Waals surface area contributed by atoms with Gasteiger partial charge in [-0.2, -0.15) is 5.11 Å². The SMILES string of the molecule is C[C@@H](O)[C@H](O)[C@H]1[C@H](N=N)[C@@]2(N(C)C)NC(=O)[C@]1(c1ccccc1)S2. The van der Waals surface area contributed by atoms with Gasteiger partial charge in [-0.15, -0.1) is 0 Å². The van der Waals surface area contributed by atoms with Crippen molar-refractivity contribution in [1.29, 1.82) is 5.53 Å². The number of piperidine rings is 1. The Hall–Kier alpha value is -1.48. The van der Waals surface area contributed by atoms with Gasteiger partial charge in [0.05, 0.1) is 12.2 Å². The van der Waals surface area contributed by atoms with Crippen molar-refractivity contribution in [2.45, 2.75) is 34.9 Å². The Morgan fingerprint density at radius 3 is 2.46 bits per heavy atom. The standard InChI is InChI=1S/C16H22N4O3S/c1-9(21)12(22)11-13(19-17)16(20(2)3)18-14(23)15(11,24-16)10-7-5-4-6-8-10/h4-9,11-13,17,21-22H,1-3H3,(H,18,23)/t9-,11+,12+,13+,15-,16+/m1/s1. The van der Waals surface area contributed by atoms with Crippen LogP contribution in [0.5, 0.6) is 0 Å². The fourth-order valence-electron chi connectivity index (χ4n) is 3.82. The molecule has 8 heteroatoms. The molecule has 4 N–H and O–H groups in total. The van der Waals surface area contributed by atoms with Gasteiger partial charge in [0.2, 0.25) is 5.91 Å². The number of aliphatic hydroxyl groups excluding tert-OH is 2. The van der Waals surface area contributed by atoms with Gasteiger partial charge in [-0.25, -0.2) is 5.53 Å². The van der Waals surface area contributed by atoms with E-state index < -0.39 is 33.9 Å². The van der Waals surface area contributed by atoms with Crippen LogP contribution in [0.4, 0.5) is 0 Å². The topological polar surface area (TPSA) is 109 Å². The molecule has 7 nitrogen and oxygen atoms in total. The monoisotopic (exact) mass is 350 g/mol. The van der Waals surface area contributed by atoms with Crippen molar-refractivity contribution in [3.05, 3.63) is 35.9 Å². The Balaban J connectivity index is 2.23. The molecular weight excluding hydrogens is 328 g/mol. The number of carbonyl (C=O) groups excluding carboxylic acids is 1. The van der Waals surface area contributed by atoms with Gasteiger partial charge < -0.3 is 15.5 Å². The van der Waals surface area contributed by atoms with Gasteiger partial charge in [0, 0.05) is 5.92 Å². The first-order valence-corrected chi connectivity index (χ1v) is 8.61. The number of fused-ring (bicyclic) bond motifs is 2. The summed E-state index contributed by atoms with van der Waals surface area (Å²) in [5.41, 5.74) is 8.44. The van der Waals surface area contributed by atoms with Crippen molar-refractivity contribution in [3.63, 3.8) is 0 Å². The first-order chi connectivity index (χ1) is 11.3. The van der Waals surface area contributed by atoms with E-state index in [1.54, 1.807) is 0 Å². The lowest BCUT2D eigenvalue weighted by atomic mass is 9.72. The predicted molar refractivity (Wildman–Crippen MR) is 90.4 cm³/mol. The smallest absolute Gasteiger partial charge is 0.243 e. The van der Waals surface area contributed by atoms with Crippen LogP contribution in [0.2, 0.25) is 0 Å². The van der Waals surface area contributed by atoms with Crippen LogP contribution in [0.15, 0.2) is 35.4 Å². The Bertz CT molecular complexity index is 656. The van der Waals surface area contributed by atoms with E-state index in [-0.39, 0.29) is 5.91 Å². The molecule has 1 amide bonds. The van der Waals surface area contributed by atoms with Gasteiger partial charge in [0.1, 0.15) is 10.8 Å². The number of carbonyl (C=O) groups is 1. The molecule has 1 aromatic carbocycles. The zero-order chi connectivity index (χ0) is 17.7. The quantitative estimate of drug-likeness (QED) is 0.586. The molecule has 3 rings (SSSR count). The van der Waals surface area contributed by atoms with Crippen molar-refractivity contribution >= 4 is 17.7 Å². The van der Waals surface area contributed by atoms with Crippen molar-refractivity contribution in [2.24, 2.45) is 11.0 Å². The van der Waals surface area contributed by atoms with Crippen LogP contribution in [-0.4, -0.2) is 58.4 Å². The average Bonchev–Trinajstić information content (AvgIpc) is 3.04. The lowest BCUT2D eigenvalue weighted by molar-refractivity contribution is -0.135. The molecule has 2 aliphatic rings. The fraction of sp³-hybridized carbons (Fsp3) is 0.562. The minimum atomic E-state index is -1.18. The number of nitrogens with zero attached hydrogens (tertiary/aromatic N) is 2. The maximum Gasteiger partial charge on any atom is 0.243 e. The van der Waals surface area contributed by atoms with Crippen LogP contribution in [0, 0.1) is 11.4 Å². The number of rotatable bonds is 5. The molecule has 6 atom stereocenters. The van der Waals surface area contributed by atoms with E-state index in [0.717, 1.165) is 5.56 Å². The highest BCUT2D eigenvalue weighted by atomic mass is 32.2. The Morgan fingerprint density at radius 2 is 1.96 bits per heavy atom. The molecule has 0 aromatic heterocycles. The summed E-state index contributed by atoms with van der Waals surface area (Å²) in [6, 6.07) is 8.53. The van der Waals surface area contributed by atoms with Gasteiger partial charge in [0.15, 0.2) is 4.99 Å². The normalized spacial score (nSPS) is 37.3. The zero-order valence-corrected chi connectivity index (χ0v) is 14.6. The summed E-state index contributed by atoms with van der Waals surface area (Å²) in [6.45, 7) is 1.49. The molecule has 2 heterocycles. The van der Waals surface area contributed by atoms with Crippen LogP contribution in [-0.2, 0) is 9.54 Å². The molecule has 1 aromatic rings. The van der Waals surface area contributed by atoms with E-state index in [4.69, 9.17) is 5.53 Å². The van der Waals surface area contributed by atoms with E-state index in [1.165, 1.54) is 18.7 Å². The largest absolute Gasteiger partial charge is 0.391 e. The van der Waals surface area contributed by atoms with Gasteiger partial charge in [-0.1, -0.05) is 42.1 Å². The van der Waals surface area contributed by atoms with Crippen LogP contribution in [0.3, 0.4) is 0 Å². The summed E-state index contributed by atoms with van der Waals surface area (Å²) in [5.74, 6) is -0.935. The first-order valence-electron chi connectivity index (χ1n) is 7.79. The summed E-state index contributed by atoms with van der Waals surface area (Å²) in [7, 11) is 3.62. The lowest BCUT2D eigenvalue weighted by Gasteiger charge is -2.43. The van der Waals surface area contributed by atoms with Gasteiger partial charge >= 0.3 is 0 Å². The third-order valence-corrected chi connectivity index (χ3v) is 7.06. The van der Waals surface area contributed by atoms with Crippen molar-refractivity contribution < 1.29 is 15.0 Å². The minimum Gasteiger partial charge on any atom is -0.391 e. The molecule has 0 spiro atoms. The molecule has 0 saturated carbocycles. The fourth-order valence-corrected chi connectivity index (χ4v) is 5.76. The Kier molecular flexibility index (Phi) is 4.19. The molecule has 2 aliphatic heterocycles. The maximum atomic E-state index is 13.0. The number of likely N-dealkylation sites (N-methyl/N-ethyl adjacent to an activating group) is 1. The predicted octanol–water partition coefficient (Wildman–Crippen LogP) is 0.731. The van der Waals surface area contributed by atoms with Crippen molar-refractivity contribution in [1.82, 2.24) is 10.2 Å². The second kappa shape index (κ2) is 5.80. The number of amides is 1. The minimum absolute atomic E-state index is 0.225. The van der Waals surface area contributed by atoms with E-state index in [9.17, 15) is 15.0 Å². The van der Waals surface area contributed by atoms with Gasteiger partial charge in [-0.05, 0) is 26.6 Å². The summed E-state index contributed by atoms with van der Waals surface area (Å²) in [5, 5.41) is 27.4. The third-order valence-electron chi connectivity index (χ3n) is 5.03. The lowest BCUT2D eigenvalue weighted by Crippen LogP contribution is -2.66. The summed E-state index contributed by atoms with van der Waals surface area (Å²) < 4.78 is -1.10. The molecular formula is C16H22N4O3S. The van der Waals surface area contributed by atoms with E-state index in [0.29, 0.717) is 0 Å². The first kappa shape index (κ1) is 17.3. The van der Waals surface area contributed by atoms with Crippen molar-refractivity contribution in [3.8, 4) is 0 Å². The van der Waals surface area contributed by atoms with Crippen LogP contribution < -0.4 is 5.32 Å². The molecule has 2 bridgehead atoms. The maximum absolute atomic E-state index is 13.0. The highest BCUT2D eigenvalue weighted by molar-refractivity contribution is 8.03. The van der Waals surface area contributed by atoms with E-state index in [2.05, 4.69) is 10.4 Å². The number of thioether (sulfide) groups is 1. The molecule has 0 radical (unpaired) electrons. The van der Waals surface area contributed by atoms with E-state index >= 15 is 0 Å². The summed E-state index contributed by atoms with van der Waals surface area (Å²) in [4.78, 5) is 13.9. The number of aliphatic hydroxyl groups is 2. The zero-order valence-electron chi connectivity index (χ0n) is 13.8. The summed E-state index contributed by atoms with van der Waals surface area (Å²) >= 11 is 1.36. The van der Waals surface area contributed by atoms with Gasteiger partial charge in [0.25, 0.3) is 0 Å². The molecule has 0 unspecified atom stereocenters. The highest BCUT2D eigenvalue weighted by Gasteiger charge is 2.75. The molecule has 0 aliphatic carbocycles. The molecule has 130 valence electrons. The van der Waals surface area contributed by atoms with Crippen LogP contribution in [0.25, 0.3) is 0 Å².